The van der Waals surface area contributed by atoms with Crippen LogP contribution in [0.15, 0.2) is 0 Å². The molecule has 0 radical (unpaired) electrons. The van der Waals surface area contributed by atoms with Gasteiger partial charge in [0.2, 0.25) is 70.9 Å². The van der Waals surface area contributed by atoms with Crippen molar-refractivity contribution >= 4 is 102 Å². The predicted octanol–water partition coefficient (Wildman–Crippen LogP) is -5.96. The molecule has 12 atom stereocenters. The summed E-state index contributed by atoms with van der Waals surface area (Å²) >= 11 is 8.02. The molecule has 31 heteroatoms. The number of thiol groups is 2. The van der Waals surface area contributed by atoms with Gasteiger partial charge in [0.1, 0.15) is 60.4 Å². The molecule has 78 heavy (non-hydrogen) atoms. The number of likely N-dealkylation sites (tertiary alicyclic amines) is 1. The molecule has 1 fully saturated rings. The van der Waals surface area contributed by atoms with E-state index < -0.39 is 175 Å². The van der Waals surface area contributed by atoms with Gasteiger partial charge in [-0.25, -0.2) is 0 Å². The van der Waals surface area contributed by atoms with Gasteiger partial charge in [-0.3, -0.25) is 62.3 Å². The van der Waals surface area contributed by atoms with Gasteiger partial charge in [-0.15, -0.1) is 0 Å². The number of rotatable bonds is 35. The molecule has 1 rings (SSSR count). The highest BCUT2D eigenvalue weighted by atomic mass is 32.1. The number of nitrogens with two attached hydrogens (primary N) is 3. The lowest BCUT2D eigenvalue weighted by atomic mass is 10.0. The van der Waals surface area contributed by atoms with E-state index in [0.29, 0.717) is 6.42 Å². The number of carbonyl (C=O) groups excluding carboxylic acids is 12. The highest BCUT2D eigenvalue weighted by Crippen LogP contribution is 2.21. The Labute approximate surface area is 463 Å². The summed E-state index contributed by atoms with van der Waals surface area (Å²) in [4.78, 5) is 172. The number of primary amides is 2. The van der Waals surface area contributed by atoms with Crippen LogP contribution in [0.1, 0.15) is 106 Å². The molecule has 0 aromatic rings. The molecule has 1 heterocycles. The van der Waals surface area contributed by atoms with Crippen LogP contribution < -0.4 is 65.1 Å². The first kappa shape index (κ1) is 69.7. The van der Waals surface area contributed by atoms with E-state index >= 15 is 0 Å². The van der Waals surface area contributed by atoms with Crippen LogP contribution in [-0.2, 0) is 62.3 Å². The number of carboxylic acid groups (broad SMARTS) is 1. The summed E-state index contributed by atoms with van der Waals surface area (Å²) in [5.74, 6) is -14.0. The smallest absolute Gasteiger partial charge is 0.303 e. The minimum atomic E-state index is -1.76. The molecule has 0 aromatic carbocycles. The Bertz CT molecular complexity index is 2140. The predicted molar refractivity (Wildman–Crippen MR) is 286 cm³/mol. The summed E-state index contributed by atoms with van der Waals surface area (Å²) in [6.07, 6.45) is -4.31. The van der Waals surface area contributed by atoms with Gasteiger partial charge in [-0.1, -0.05) is 27.7 Å². The Morgan fingerprint density at radius 1 is 0.577 bits per heavy atom. The summed E-state index contributed by atoms with van der Waals surface area (Å²) in [6, 6.07) is -14.8. The molecule has 1 aliphatic heterocycles. The highest BCUT2D eigenvalue weighted by Gasteiger charge is 2.42. The lowest BCUT2D eigenvalue weighted by Crippen LogP contribution is -2.62. The Morgan fingerprint density at radius 2 is 1.05 bits per heavy atom. The number of aliphatic hydroxyl groups excluding tert-OH is 2. The van der Waals surface area contributed by atoms with E-state index in [2.05, 4.69) is 73.1 Å². The number of amides is 12. The van der Waals surface area contributed by atoms with Crippen LogP contribution in [0.5, 0.6) is 0 Å². The van der Waals surface area contributed by atoms with E-state index in [9.17, 15) is 77.6 Å². The van der Waals surface area contributed by atoms with Gasteiger partial charge in [0.05, 0.1) is 18.6 Å². The fourth-order valence-corrected chi connectivity index (χ4v) is 8.51. The van der Waals surface area contributed by atoms with Gasteiger partial charge in [-0.05, 0) is 77.2 Å². The Balaban J connectivity index is 3.48. The third kappa shape index (κ3) is 23.7. The van der Waals surface area contributed by atoms with Crippen molar-refractivity contribution in [1.29, 1.82) is 0 Å². The van der Waals surface area contributed by atoms with E-state index in [-0.39, 0.29) is 62.6 Å². The fraction of sp³-hybridized carbons (Fsp3) is 0.723. The molecular weight excluding hydrogens is 1070 g/mol. The van der Waals surface area contributed by atoms with Gasteiger partial charge < -0.3 is 85.3 Å². The van der Waals surface area contributed by atoms with Crippen LogP contribution in [0.4, 0.5) is 0 Å². The zero-order valence-corrected chi connectivity index (χ0v) is 46.8. The third-order valence-electron chi connectivity index (χ3n) is 12.1. The maximum Gasteiger partial charge on any atom is 0.303 e. The molecule has 0 unspecified atom stereocenters. The molecule has 442 valence electrons. The molecule has 0 saturated carbocycles. The lowest BCUT2D eigenvalue weighted by Gasteiger charge is -2.32. The molecule has 0 aliphatic carbocycles. The number of aliphatic hydroxyl groups is 2. The Hall–Kier alpha value is -6.31. The molecule has 1 aliphatic rings. The van der Waals surface area contributed by atoms with Crippen molar-refractivity contribution in [2.75, 3.05) is 24.6 Å². The second-order valence-electron chi connectivity index (χ2n) is 19.7. The quantitative estimate of drug-likeness (QED) is 0.0208. The van der Waals surface area contributed by atoms with Crippen LogP contribution >= 0.6 is 25.3 Å². The molecule has 0 aromatic heterocycles. The minimum absolute atomic E-state index is 0.0167. The van der Waals surface area contributed by atoms with E-state index in [4.69, 9.17) is 17.2 Å². The van der Waals surface area contributed by atoms with E-state index in [1.807, 2.05) is 0 Å². The van der Waals surface area contributed by atoms with Crippen molar-refractivity contribution in [3.05, 3.63) is 0 Å². The largest absolute Gasteiger partial charge is 0.481 e. The van der Waals surface area contributed by atoms with Crippen molar-refractivity contribution in [2.45, 2.75) is 179 Å². The Kier molecular flexibility index (Phi) is 30.9. The number of aliphatic carboxylic acids is 1. The fourth-order valence-electron chi connectivity index (χ4n) is 7.98. The van der Waals surface area contributed by atoms with Gasteiger partial charge >= 0.3 is 5.97 Å². The Morgan fingerprint density at radius 3 is 1.53 bits per heavy atom. The van der Waals surface area contributed by atoms with Crippen LogP contribution in [0.3, 0.4) is 0 Å². The lowest BCUT2D eigenvalue weighted by molar-refractivity contribution is -0.144. The monoisotopic (exact) mass is 1150 g/mol. The third-order valence-corrected chi connectivity index (χ3v) is 12.9. The number of carboxylic acids is 1. The topological polar surface area (TPSA) is 472 Å². The summed E-state index contributed by atoms with van der Waals surface area (Å²) in [7, 11) is 0. The van der Waals surface area contributed by atoms with Crippen molar-refractivity contribution in [3.8, 4) is 0 Å². The van der Waals surface area contributed by atoms with Gasteiger partial charge in [0.15, 0.2) is 0 Å². The second kappa shape index (κ2) is 34.5. The molecule has 29 nitrogen and oxygen atoms in total. The number of carbonyl (C=O) groups is 13. The summed E-state index contributed by atoms with van der Waals surface area (Å²) in [5.41, 5.74) is 16.5. The minimum Gasteiger partial charge on any atom is -0.481 e. The van der Waals surface area contributed by atoms with E-state index in [1.54, 1.807) is 13.8 Å². The SMILES string of the molecule is CC(=O)N[C@@H](CS)C(=O)N[C@H](C(=O)N[C@H](C(=O)N[C@@H](CCC(=O)O)C(=O)N1CCC[C@@H]1C(=O)N[C@@H](CC(N)=O)C(=O)N[C@@H](CCCCN)C(=O)N[C@@H](CC(C)C)C(=O)N[C@H](C(=O)N[C@@H](CS)C(N)=O)[C@@H](C)O)C(C)C)[C@@H](C)O. The number of nitrogens with zero attached hydrogens (tertiary/aromatic N) is 1. The standard InChI is InChI=1S/C47H81N13O16S2/c1-21(2)17-28(41(70)58-36(23(5)61)45(74)56-30(19-77)38(50)67)54-39(68)26(11-8-9-15-48)52-40(69)29(18-33(49)64)55-43(72)32-12-10-16-60(32)47(76)27(13-14-34(65)66)53-44(73)35(22(3)4)57-46(75)37(24(6)62)59-42(71)31(20-78)51-25(7)63/h21-24,26-32,35-37,61-62,77-78H,8-20,48H2,1-7H3,(H2,49,64)(H2,50,67)(H,51,63)(H,52,69)(H,53,73)(H,54,68)(H,55,72)(H,56,74)(H,57,75)(H,58,70)(H,59,71)(H,65,66)/t23-,24-,26+,27+,28+,29+,30+,31+,32-,35+,36+,37+/m1/s1. The molecule has 0 spiro atoms. The average Bonchev–Trinajstić information content (AvgIpc) is 3.84. The van der Waals surface area contributed by atoms with Crippen LogP contribution in [0.25, 0.3) is 0 Å². The van der Waals surface area contributed by atoms with Crippen LogP contribution in [-0.4, -0.2) is 194 Å². The number of hydrogen-bond donors (Lipinski definition) is 17. The second-order valence-corrected chi connectivity index (χ2v) is 20.4. The maximum atomic E-state index is 14.3. The van der Waals surface area contributed by atoms with Gasteiger partial charge in [-0.2, -0.15) is 25.3 Å². The van der Waals surface area contributed by atoms with Crippen LogP contribution in [0.2, 0.25) is 0 Å². The van der Waals surface area contributed by atoms with Crippen molar-refractivity contribution in [2.24, 2.45) is 29.0 Å². The maximum absolute atomic E-state index is 14.3. The van der Waals surface area contributed by atoms with E-state index in [1.165, 1.54) is 27.7 Å². The first-order chi connectivity index (χ1) is 36.4. The number of hydrogen-bond acceptors (Lipinski definition) is 18. The number of unbranched alkanes of at least 4 members (excludes halogenated alkanes) is 1. The number of nitrogens with one attached hydrogen (secondary N) is 9. The van der Waals surface area contributed by atoms with E-state index in [0.717, 1.165) is 11.8 Å². The first-order valence-corrected chi connectivity index (χ1v) is 26.7. The van der Waals surface area contributed by atoms with Crippen molar-refractivity contribution in [3.63, 3.8) is 0 Å². The zero-order valence-electron chi connectivity index (χ0n) is 45.0. The summed E-state index contributed by atoms with van der Waals surface area (Å²) in [6.45, 7) is 10.1. The zero-order chi connectivity index (χ0) is 59.7. The average molecular weight is 1150 g/mol. The highest BCUT2D eigenvalue weighted by molar-refractivity contribution is 7.80. The molecule has 18 N–H and O–H groups in total. The van der Waals surface area contributed by atoms with Crippen LogP contribution in [0, 0.1) is 11.8 Å². The molecule has 0 bridgehead atoms. The van der Waals surface area contributed by atoms with Crippen molar-refractivity contribution < 1.29 is 77.6 Å². The van der Waals surface area contributed by atoms with Gasteiger partial charge in [0, 0.05) is 31.4 Å². The molecule has 12 amide bonds. The summed E-state index contributed by atoms with van der Waals surface area (Å²) < 4.78 is 0. The summed E-state index contributed by atoms with van der Waals surface area (Å²) in [5, 5.41) is 52.1. The molecular formula is C47H81N13O16S2. The first-order valence-electron chi connectivity index (χ1n) is 25.5. The van der Waals surface area contributed by atoms with Crippen molar-refractivity contribution in [1.82, 2.24) is 52.8 Å². The van der Waals surface area contributed by atoms with Gasteiger partial charge in [0.25, 0.3) is 0 Å². The normalized spacial score (nSPS) is 17.4. The molecule has 1 saturated heterocycles.